The summed E-state index contributed by atoms with van der Waals surface area (Å²) in [5.41, 5.74) is -0.742. The molecule has 0 radical (unpaired) electrons. The maximum atomic E-state index is 13.1. The second kappa shape index (κ2) is 4.94. The molecule has 1 aromatic carbocycles. The van der Waals surface area contributed by atoms with Gasteiger partial charge in [-0.05, 0) is 31.2 Å². The third kappa shape index (κ3) is 2.45. The van der Waals surface area contributed by atoms with E-state index in [9.17, 15) is 18.0 Å². The van der Waals surface area contributed by atoms with Crippen molar-refractivity contribution in [1.82, 2.24) is 15.0 Å². The standard InChI is InChI=1S/C15H10F3N3O/c1-8-20-12-7-9(4-5-10(12)14(22)21-8)13-11(15(16,17)18)3-2-6-19-13/h2-7H,1H3,(H,20,21,22). The molecule has 0 aliphatic rings. The lowest BCUT2D eigenvalue weighted by atomic mass is 10.0. The molecule has 3 rings (SSSR count). The van der Waals surface area contributed by atoms with E-state index in [0.717, 1.165) is 6.07 Å². The molecule has 2 heterocycles. The van der Waals surface area contributed by atoms with E-state index in [1.807, 2.05) is 0 Å². The van der Waals surface area contributed by atoms with Gasteiger partial charge >= 0.3 is 6.18 Å². The Morgan fingerprint density at radius 3 is 2.68 bits per heavy atom. The number of nitrogens with one attached hydrogen (secondary N) is 1. The predicted molar refractivity (Wildman–Crippen MR) is 75.3 cm³/mol. The lowest BCUT2D eigenvalue weighted by molar-refractivity contribution is -0.137. The first-order valence-electron chi connectivity index (χ1n) is 6.39. The van der Waals surface area contributed by atoms with Crippen molar-refractivity contribution in [3.8, 4) is 11.3 Å². The molecule has 112 valence electrons. The molecule has 0 spiro atoms. The Labute approximate surface area is 122 Å². The van der Waals surface area contributed by atoms with Crippen LogP contribution in [-0.4, -0.2) is 15.0 Å². The van der Waals surface area contributed by atoms with Gasteiger partial charge in [-0.3, -0.25) is 9.78 Å². The highest BCUT2D eigenvalue weighted by atomic mass is 19.4. The number of pyridine rings is 1. The van der Waals surface area contributed by atoms with Crippen molar-refractivity contribution < 1.29 is 13.2 Å². The van der Waals surface area contributed by atoms with Crippen LogP contribution in [0.15, 0.2) is 41.3 Å². The molecule has 0 atom stereocenters. The van der Waals surface area contributed by atoms with Gasteiger partial charge in [-0.15, -0.1) is 0 Å². The van der Waals surface area contributed by atoms with Gasteiger partial charge in [0, 0.05) is 11.8 Å². The first-order chi connectivity index (χ1) is 10.4. The summed E-state index contributed by atoms with van der Waals surface area (Å²) in [4.78, 5) is 22.3. The van der Waals surface area contributed by atoms with E-state index in [2.05, 4.69) is 15.0 Å². The van der Waals surface area contributed by atoms with Gasteiger partial charge in [0.2, 0.25) is 0 Å². The van der Waals surface area contributed by atoms with Crippen LogP contribution in [0.5, 0.6) is 0 Å². The predicted octanol–water partition coefficient (Wildman–Crippen LogP) is 3.31. The molecular weight excluding hydrogens is 295 g/mol. The number of aromatic amines is 1. The molecule has 0 aliphatic carbocycles. The van der Waals surface area contributed by atoms with Gasteiger partial charge in [-0.2, -0.15) is 13.2 Å². The molecule has 7 heteroatoms. The minimum absolute atomic E-state index is 0.184. The van der Waals surface area contributed by atoms with Crippen molar-refractivity contribution in [3.05, 3.63) is 58.3 Å². The van der Waals surface area contributed by atoms with Gasteiger partial charge in [0.1, 0.15) is 5.82 Å². The first kappa shape index (κ1) is 14.2. The normalized spacial score (nSPS) is 11.8. The van der Waals surface area contributed by atoms with E-state index in [4.69, 9.17) is 0 Å². The molecule has 0 bridgehead atoms. The van der Waals surface area contributed by atoms with Crippen LogP contribution in [0.25, 0.3) is 22.2 Å². The Balaban J connectivity index is 2.26. The zero-order valence-corrected chi connectivity index (χ0v) is 11.4. The molecule has 0 aliphatic heterocycles. The molecule has 0 saturated heterocycles. The van der Waals surface area contributed by atoms with Gasteiger partial charge in [0.05, 0.1) is 22.2 Å². The molecule has 2 aromatic heterocycles. The maximum absolute atomic E-state index is 13.1. The molecule has 0 amide bonds. The summed E-state index contributed by atoms with van der Waals surface area (Å²) in [6, 6.07) is 6.54. The minimum Gasteiger partial charge on any atom is -0.310 e. The number of rotatable bonds is 1. The Morgan fingerprint density at radius 1 is 1.18 bits per heavy atom. The zero-order valence-electron chi connectivity index (χ0n) is 11.4. The number of aromatic nitrogens is 3. The zero-order chi connectivity index (χ0) is 15.9. The minimum atomic E-state index is -4.50. The van der Waals surface area contributed by atoms with Crippen molar-refractivity contribution in [2.75, 3.05) is 0 Å². The number of fused-ring (bicyclic) bond motifs is 1. The van der Waals surface area contributed by atoms with Crippen LogP contribution < -0.4 is 5.56 Å². The summed E-state index contributed by atoms with van der Waals surface area (Å²) in [6.07, 6.45) is -3.21. The van der Waals surface area contributed by atoms with Crippen LogP contribution >= 0.6 is 0 Å². The van der Waals surface area contributed by atoms with Crippen molar-refractivity contribution in [2.45, 2.75) is 13.1 Å². The number of halogens is 3. The largest absolute Gasteiger partial charge is 0.418 e. The van der Waals surface area contributed by atoms with Crippen LogP contribution in [0, 0.1) is 6.92 Å². The number of H-pyrrole nitrogens is 1. The summed E-state index contributed by atoms with van der Waals surface area (Å²) in [5.74, 6) is 0.395. The fourth-order valence-corrected chi connectivity index (χ4v) is 2.27. The lowest BCUT2D eigenvalue weighted by Crippen LogP contribution is -2.10. The fraction of sp³-hybridized carbons (Fsp3) is 0.133. The second-order valence-electron chi connectivity index (χ2n) is 4.78. The highest BCUT2D eigenvalue weighted by molar-refractivity contribution is 5.83. The molecule has 1 N–H and O–H groups in total. The van der Waals surface area contributed by atoms with Crippen LogP contribution in [0.1, 0.15) is 11.4 Å². The van der Waals surface area contributed by atoms with Gasteiger partial charge < -0.3 is 4.98 Å². The summed E-state index contributed by atoms with van der Waals surface area (Å²) in [6.45, 7) is 1.61. The van der Waals surface area contributed by atoms with Gasteiger partial charge in [0.25, 0.3) is 5.56 Å². The van der Waals surface area contributed by atoms with E-state index in [0.29, 0.717) is 16.7 Å². The van der Waals surface area contributed by atoms with Gasteiger partial charge in [-0.25, -0.2) is 4.98 Å². The lowest BCUT2D eigenvalue weighted by Gasteiger charge is -2.12. The third-order valence-corrected chi connectivity index (χ3v) is 3.21. The Bertz CT molecular complexity index is 916. The number of nitrogens with zero attached hydrogens (tertiary/aromatic N) is 2. The topological polar surface area (TPSA) is 58.6 Å². The van der Waals surface area contributed by atoms with Crippen molar-refractivity contribution in [1.29, 1.82) is 0 Å². The number of hydrogen-bond donors (Lipinski definition) is 1. The number of aryl methyl sites for hydroxylation is 1. The number of alkyl halides is 3. The Hall–Kier alpha value is -2.70. The van der Waals surface area contributed by atoms with E-state index < -0.39 is 11.7 Å². The molecule has 0 saturated carbocycles. The number of benzene rings is 1. The maximum Gasteiger partial charge on any atom is 0.418 e. The van der Waals surface area contributed by atoms with Crippen molar-refractivity contribution in [2.24, 2.45) is 0 Å². The molecular formula is C15H10F3N3O. The molecule has 3 aromatic rings. The smallest absolute Gasteiger partial charge is 0.310 e. The Kier molecular flexibility index (Phi) is 3.20. The molecule has 22 heavy (non-hydrogen) atoms. The van der Waals surface area contributed by atoms with E-state index >= 15 is 0 Å². The number of hydrogen-bond acceptors (Lipinski definition) is 3. The molecule has 4 nitrogen and oxygen atoms in total. The van der Waals surface area contributed by atoms with Crippen molar-refractivity contribution in [3.63, 3.8) is 0 Å². The van der Waals surface area contributed by atoms with Crippen LogP contribution in [0.2, 0.25) is 0 Å². The summed E-state index contributed by atoms with van der Waals surface area (Å²) >= 11 is 0. The molecule has 0 fully saturated rings. The van der Waals surface area contributed by atoms with Crippen LogP contribution in [-0.2, 0) is 6.18 Å². The summed E-state index contributed by atoms with van der Waals surface area (Å²) in [7, 11) is 0. The fourth-order valence-electron chi connectivity index (χ4n) is 2.27. The molecule has 0 unspecified atom stereocenters. The highest BCUT2D eigenvalue weighted by Gasteiger charge is 2.34. The first-order valence-corrected chi connectivity index (χ1v) is 6.39. The van der Waals surface area contributed by atoms with E-state index in [-0.39, 0.29) is 16.8 Å². The van der Waals surface area contributed by atoms with Gasteiger partial charge in [-0.1, -0.05) is 6.07 Å². The Morgan fingerprint density at radius 2 is 1.95 bits per heavy atom. The monoisotopic (exact) mass is 305 g/mol. The average Bonchev–Trinajstić information content (AvgIpc) is 2.45. The van der Waals surface area contributed by atoms with E-state index in [1.165, 1.54) is 30.5 Å². The average molecular weight is 305 g/mol. The second-order valence-corrected chi connectivity index (χ2v) is 4.78. The highest BCUT2D eigenvalue weighted by Crippen LogP contribution is 2.36. The summed E-state index contributed by atoms with van der Waals surface area (Å²) in [5, 5.41) is 0.318. The summed E-state index contributed by atoms with van der Waals surface area (Å²) < 4.78 is 39.2. The van der Waals surface area contributed by atoms with Gasteiger partial charge in [0.15, 0.2) is 0 Å². The van der Waals surface area contributed by atoms with Crippen LogP contribution in [0.3, 0.4) is 0 Å². The van der Waals surface area contributed by atoms with Crippen LogP contribution in [0.4, 0.5) is 13.2 Å². The third-order valence-electron chi connectivity index (χ3n) is 3.21. The SMILES string of the molecule is Cc1nc2cc(-c3ncccc3C(F)(F)F)ccc2c(=O)[nH]1. The van der Waals surface area contributed by atoms with E-state index in [1.54, 1.807) is 6.92 Å². The van der Waals surface area contributed by atoms with Crippen molar-refractivity contribution >= 4 is 10.9 Å². The quantitative estimate of drug-likeness (QED) is 0.750.